The number of amides is 1. The summed E-state index contributed by atoms with van der Waals surface area (Å²) >= 11 is 1.52. The third kappa shape index (κ3) is 2.14. The molecule has 1 atom stereocenters. The van der Waals surface area contributed by atoms with Gasteiger partial charge in [-0.25, -0.2) is 4.79 Å². The number of nitrogens with zero attached hydrogens (tertiary/aromatic N) is 1. The second-order valence-corrected chi connectivity index (χ2v) is 5.49. The Morgan fingerprint density at radius 2 is 2.25 bits per heavy atom. The summed E-state index contributed by atoms with van der Waals surface area (Å²) in [6.45, 7) is 1.06. The van der Waals surface area contributed by atoms with E-state index in [-0.39, 0.29) is 5.76 Å². The summed E-state index contributed by atoms with van der Waals surface area (Å²) in [6, 6.07) is 0.814. The van der Waals surface area contributed by atoms with Gasteiger partial charge in [0.25, 0.3) is 5.91 Å². The van der Waals surface area contributed by atoms with Crippen molar-refractivity contribution < 1.29 is 24.2 Å². The molecule has 0 spiro atoms. The van der Waals surface area contributed by atoms with Crippen molar-refractivity contribution in [3.8, 4) is 0 Å². The van der Waals surface area contributed by atoms with E-state index in [1.807, 2.05) is 5.38 Å². The molecular weight excluding hydrogens is 282 g/mol. The Morgan fingerprint density at radius 3 is 2.95 bits per heavy atom. The monoisotopic (exact) mass is 295 g/mol. The van der Waals surface area contributed by atoms with Gasteiger partial charge in [-0.05, 0) is 23.4 Å². The largest absolute Gasteiger partial charge is 0.494 e. The number of carboxylic acid groups (broad SMARTS) is 1. The van der Waals surface area contributed by atoms with E-state index in [2.05, 4.69) is 0 Å². The lowest BCUT2D eigenvalue weighted by atomic mass is 10.00. The molecule has 0 radical (unpaired) electrons. The van der Waals surface area contributed by atoms with Crippen molar-refractivity contribution in [2.45, 2.75) is 12.5 Å². The van der Waals surface area contributed by atoms with Gasteiger partial charge < -0.3 is 19.5 Å². The van der Waals surface area contributed by atoms with Crippen molar-refractivity contribution in [3.63, 3.8) is 0 Å². The topological polar surface area (TPSA) is 76.1 Å². The van der Waals surface area contributed by atoms with Crippen LogP contribution in [-0.4, -0.2) is 41.6 Å². The zero-order valence-electron chi connectivity index (χ0n) is 10.6. The van der Waals surface area contributed by atoms with Crippen LogP contribution in [0.4, 0.5) is 0 Å². The molecule has 1 N–H and O–H groups in total. The van der Waals surface area contributed by atoms with Crippen molar-refractivity contribution in [2.24, 2.45) is 0 Å². The molecule has 7 heteroatoms. The maximum absolute atomic E-state index is 12.4. The predicted octanol–water partition coefficient (Wildman–Crippen LogP) is 1.15. The number of rotatable bonds is 2. The maximum Gasteiger partial charge on any atom is 0.331 e. The van der Waals surface area contributed by atoms with Gasteiger partial charge in [0.05, 0.1) is 0 Å². The van der Waals surface area contributed by atoms with Crippen LogP contribution in [0.5, 0.6) is 0 Å². The van der Waals surface area contributed by atoms with Crippen LogP contribution in [0.3, 0.4) is 0 Å². The lowest BCUT2D eigenvalue weighted by molar-refractivity contribution is -0.151. The summed E-state index contributed by atoms with van der Waals surface area (Å²) in [4.78, 5) is 26.3. The molecule has 2 aliphatic rings. The van der Waals surface area contributed by atoms with Gasteiger partial charge in [0.1, 0.15) is 19.5 Å². The van der Waals surface area contributed by atoms with E-state index in [1.165, 1.54) is 22.5 Å². The zero-order chi connectivity index (χ0) is 14.1. The van der Waals surface area contributed by atoms with Crippen molar-refractivity contribution in [3.05, 3.63) is 33.9 Å². The number of ether oxygens (including phenoxy) is 2. The van der Waals surface area contributed by atoms with Gasteiger partial charge in [-0.1, -0.05) is 0 Å². The van der Waals surface area contributed by atoms with E-state index in [9.17, 15) is 14.7 Å². The fourth-order valence-electron chi connectivity index (χ4n) is 2.42. The Balaban J connectivity index is 1.91. The van der Waals surface area contributed by atoms with Gasteiger partial charge in [0, 0.05) is 11.4 Å². The number of hydrogen-bond donors (Lipinski definition) is 1. The summed E-state index contributed by atoms with van der Waals surface area (Å²) in [5.41, 5.74) is 0.694. The van der Waals surface area contributed by atoms with Crippen LogP contribution in [0.25, 0.3) is 0 Å². The average Bonchev–Trinajstić information content (AvgIpc) is 2.94. The molecule has 0 fully saturated rings. The Labute approximate surface area is 119 Å². The molecule has 1 aromatic rings. The third-order valence-corrected chi connectivity index (χ3v) is 4.32. The number of aliphatic carboxylic acids is 1. The van der Waals surface area contributed by atoms with Crippen LogP contribution >= 0.6 is 11.3 Å². The smallest absolute Gasteiger partial charge is 0.331 e. The van der Waals surface area contributed by atoms with Gasteiger partial charge in [-0.15, -0.1) is 11.3 Å². The van der Waals surface area contributed by atoms with E-state index in [0.29, 0.717) is 31.7 Å². The van der Waals surface area contributed by atoms with Gasteiger partial charge in [0.2, 0.25) is 5.76 Å². The molecule has 3 heterocycles. The van der Waals surface area contributed by atoms with E-state index in [1.54, 1.807) is 6.07 Å². The van der Waals surface area contributed by atoms with Crippen molar-refractivity contribution in [2.75, 3.05) is 19.8 Å². The zero-order valence-corrected chi connectivity index (χ0v) is 11.4. The van der Waals surface area contributed by atoms with E-state index in [4.69, 9.17) is 9.47 Å². The van der Waals surface area contributed by atoms with Gasteiger partial charge in [-0.3, -0.25) is 4.79 Å². The molecule has 0 aromatic carbocycles. The highest BCUT2D eigenvalue weighted by molar-refractivity contribution is 7.10. The minimum absolute atomic E-state index is 0.0705. The molecule has 20 heavy (non-hydrogen) atoms. The molecule has 3 rings (SSSR count). The molecule has 6 nitrogen and oxygen atoms in total. The average molecular weight is 295 g/mol. The Bertz CT molecular complexity index is 579. The fraction of sp³-hybridized carbons (Fsp3) is 0.385. The molecule has 106 valence electrons. The highest BCUT2D eigenvalue weighted by Crippen LogP contribution is 2.34. The second kappa shape index (κ2) is 5.16. The van der Waals surface area contributed by atoms with Crippen molar-refractivity contribution in [1.29, 1.82) is 0 Å². The highest BCUT2D eigenvalue weighted by Gasteiger charge is 2.38. The van der Waals surface area contributed by atoms with Crippen LogP contribution in [0.1, 0.15) is 16.5 Å². The number of carbonyl (C=O) groups excluding carboxylic acids is 1. The van der Waals surface area contributed by atoms with Crippen LogP contribution < -0.4 is 0 Å². The van der Waals surface area contributed by atoms with E-state index in [0.717, 1.165) is 4.88 Å². The SMILES string of the molecule is O=C(O)C1c2ccsc2CCN1C(=O)C1=COCCO1. The summed E-state index contributed by atoms with van der Waals surface area (Å²) in [5, 5.41) is 11.3. The lowest BCUT2D eigenvalue weighted by Crippen LogP contribution is -2.44. The third-order valence-electron chi connectivity index (χ3n) is 3.32. The highest BCUT2D eigenvalue weighted by atomic mass is 32.1. The molecule has 1 amide bonds. The first-order valence-corrected chi connectivity index (χ1v) is 7.11. The fourth-order valence-corrected chi connectivity index (χ4v) is 3.33. The van der Waals surface area contributed by atoms with Crippen molar-refractivity contribution >= 4 is 23.2 Å². The standard InChI is InChI=1S/C13H13NO5S/c15-12(9-7-18-4-5-19-9)14-3-1-10-8(2-6-20-10)11(14)13(16)17/h2,6-7,11H,1,3-5H2,(H,16,17). The van der Waals surface area contributed by atoms with Gasteiger partial charge >= 0.3 is 5.97 Å². The van der Waals surface area contributed by atoms with Crippen LogP contribution in [0, 0.1) is 0 Å². The quantitative estimate of drug-likeness (QED) is 0.885. The number of hydrogen-bond acceptors (Lipinski definition) is 5. The molecule has 1 unspecified atom stereocenters. The maximum atomic E-state index is 12.4. The summed E-state index contributed by atoms with van der Waals surface area (Å²) < 4.78 is 10.3. The van der Waals surface area contributed by atoms with Gasteiger partial charge in [0.15, 0.2) is 6.04 Å². The van der Waals surface area contributed by atoms with Gasteiger partial charge in [-0.2, -0.15) is 0 Å². The summed E-state index contributed by atoms with van der Waals surface area (Å²) in [7, 11) is 0. The van der Waals surface area contributed by atoms with Crippen LogP contribution in [-0.2, 0) is 25.5 Å². The molecular formula is C13H13NO5S. The minimum Gasteiger partial charge on any atom is -0.494 e. The summed E-state index contributed by atoms with van der Waals surface area (Å²) in [6.07, 6.45) is 1.92. The molecule has 0 saturated heterocycles. The Kier molecular flexibility index (Phi) is 3.35. The Hall–Kier alpha value is -2.02. The van der Waals surface area contributed by atoms with Crippen LogP contribution in [0.15, 0.2) is 23.5 Å². The molecule has 0 saturated carbocycles. The summed E-state index contributed by atoms with van der Waals surface area (Å²) in [5.74, 6) is -1.40. The predicted molar refractivity (Wildman–Crippen MR) is 70.1 cm³/mol. The molecule has 0 bridgehead atoms. The minimum atomic E-state index is -1.03. The number of fused-ring (bicyclic) bond motifs is 1. The molecule has 0 aliphatic carbocycles. The lowest BCUT2D eigenvalue weighted by Gasteiger charge is -2.33. The molecule has 1 aromatic heterocycles. The first kappa shape index (κ1) is 13.0. The number of carboxylic acids is 1. The van der Waals surface area contributed by atoms with E-state index < -0.39 is 17.9 Å². The van der Waals surface area contributed by atoms with E-state index >= 15 is 0 Å². The number of carbonyl (C=O) groups is 2. The Morgan fingerprint density at radius 1 is 1.40 bits per heavy atom. The first-order chi connectivity index (χ1) is 9.68. The second-order valence-electron chi connectivity index (χ2n) is 4.49. The van der Waals surface area contributed by atoms with Crippen LogP contribution in [0.2, 0.25) is 0 Å². The van der Waals surface area contributed by atoms with Crippen molar-refractivity contribution in [1.82, 2.24) is 4.90 Å². The molecule has 2 aliphatic heterocycles. The first-order valence-electron chi connectivity index (χ1n) is 6.23. The number of thiophene rings is 1. The normalized spacial score (nSPS) is 21.3.